The topological polar surface area (TPSA) is 67.4 Å². The largest absolute Gasteiger partial charge is 0.377 e. The van der Waals surface area contributed by atoms with Gasteiger partial charge in [-0.1, -0.05) is 6.92 Å². The Morgan fingerprint density at radius 2 is 2.11 bits per heavy atom. The summed E-state index contributed by atoms with van der Waals surface area (Å²) in [6, 6.07) is 3.48. The fourth-order valence-corrected chi connectivity index (χ4v) is 3.97. The summed E-state index contributed by atoms with van der Waals surface area (Å²) in [5, 5.41) is 3.17. The van der Waals surface area contributed by atoms with Gasteiger partial charge in [-0.15, -0.1) is 11.3 Å². The summed E-state index contributed by atoms with van der Waals surface area (Å²) in [7, 11) is -3.42. The normalized spacial score (nSPS) is 13.6. The van der Waals surface area contributed by atoms with Crippen LogP contribution in [-0.2, 0) is 21.3 Å². The zero-order valence-electron chi connectivity index (χ0n) is 11.6. The van der Waals surface area contributed by atoms with Crippen LogP contribution in [0.4, 0.5) is 0 Å². The molecule has 0 aromatic carbocycles. The summed E-state index contributed by atoms with van der Waals surface area (Å²) in [6.07, 6.45) is -0.124. The second-order valence-electron chi connectivity index (χ2n) is 4.12. The van der Waals surface area contributed by atoms with Crippen molar-refractivity contribution >= 4 is 21.4 Å². The van der Waals surface area contributed by atoms with Crippen molar-refractivity contribution in [2.24, 2.45) is 0 Å². The highest BCUT2D eigenvalue weighted by Gasteiger charge is 2.17. The van der Waals surface area contributed by atoms with Crippen molar-refractivity contribution in [3.63, 3.8) is 0 Å². The lowest BCUT2D eigenvalue weighted by atomic mass is 10.4. The maximum absolute atomic E-state index is 12.1. The van der Waals surface area contributed by atoms with Gasteiger partial charge in [-0.05, 0) is 32.5 Å². The summed E-state index contributed by atoms with van der Waals surface area (Å²) in [6.45, 7) is 8.18. The lowest BCUT2D eigenvalue weighted by molar-refractivity contribution is 0.0800. The molecule has 0 bridgehead atoms. The van der Waals surface area contributed by atoms with Crippen molar-refractivity contribution in [1.29, 1.82) is 0 Å². The molecule has 0 radical (unpaired) electrons. The van der Waals surface area contributed by atoms with Crippen molar-refractivity contribution in [1.82, 2.24) is 10.0 Å². The third kappa shape index (κ3) is 5.58. The lowest BCUT2D eigenvalue weighted by Gasteiger charge is -2.12. The molecule has 0 saturated heterocycles. The number of thiophene rings is 1. The molecule has 1 unspecified atom stereocenters. The molecular weight excluding hydrogens is 284 g/mol. The molecule has 1 rings (SSSR count). The summed E-state index contributed by atoms with van der Waals surface area (Å²) < 4.78 is 32.3. The highest BCUT2D eigenvalue weighted by Crippen LogP contribution is 2.21. The summed E-state index contributed by atoms with van der Waals surface area (Å²) >= 11 is 1.29. The number of hydrogen-bond acceptors (Lipinski definition) is 5. The average molecular weight is 306 g/mol. The Kier molecular flexibility index (Phi) is 6.95. The maximum Gasteiger partial charge on any atom is 0.250 e. The molecule has 1 heterocycles. The number of rotatable bonds is 9. The molecule has 1 atom stereocenters. The number of ether oxygens (including phenoxy) is 1. The van der Waals surface area contributed by atoms with Crippen LogP contribution in [0.2, 0.25) is 0 Å². The third-order valence-electron chi connectivity index (χ3n) is 2.46. The fourth-order valence-electron chi connectivity index (χ4n) is 1.49. The van der Waals surface area contributed by atoms with Gasteiger partial charge in [0.1, 0.15) is 4.21 Å². The van der Waals surface area contributed by atoms with Gasteiger partial charge in [-0.25, -0.2) is 13.1 Å². The van der Waals surface area contributed by atoms with E-state index in [-0.39, 0.29) is 12.6 Å². The van der Waals surface area contributed by atoms with E-state index in [1.807, 2.05) is 26.8 Å². The fraction of sp³-hybridized carbons (Fsp3) is 0.667. The molecular formula is C12H22N2O3S2. The van der Waals surface area contributed by atoms with E-state index >= 15 is 0 Å². The molecule has 2 N–H and O–H groups in total. The molecule has 0 amide bonds. The molecule has 19 heavy (non-hydrogen) atoms. The van der Waals surface area contributed by atoms with E-state index in [0.29, 0.717) is 17.4 Å². The number of sulfonamides is 1. The van der Waals surface area contributed by atoms with Crippen molar-refractivity contribution in [2.75, 3.05) is 19.7 Å². The van der Waals surface area contributed by atoms with Gasteiger partial charge in [-0.3, -0.25) is 0 Å². The standard InChI is InChI=1S/C12H22N2O3S2/c1-4-13-9-11-6-7-12(18-11)19(15,16)14-8-10(3)17-5-2/h6-7,10,13-14H,4-5,8-9H2,1-3H3. The first-order valence-electron chi connectivity index (χ1n) is 6.40. The smallest absolute Gasteiger partial charge is 0.250 e. The van der Waals surface area contributed by atoms with Crippen molar-refractivity contribution < 1.29 is 13.2 Å². The highest BCUT2D eigenvalue weighted by atomic mass is 32.2. The molecule has 7 heteroatoms. The second kappa shape index (κ2) is 7.96. The van der Waals surface area contributed by atoms with E-state index < -0.39 is 10.0 Å². The van der Waals surface area contributed by atoms with Gasteiger partial charge in [-0.2, -0.15) is 0 Å². The van der Waals surface area contributed by atoms with Crippen molar-refractivity contribution in [3.05, 3.63) is 17.0 Å². The van der Waals surface area contributed by atoms with Gasteiger partial charge in [0.2, 0.25) is 10.0 Å². The van der Waals surface area contributed by atoms with Gasteiger partial charge in [0.15, 0.2) is 0 Å². The Morgan fingerprint density at radius 3 is 2.74 bits per heavy atom. The second-order valence-corrected chi connectivity index (χ2v) is 7.28. The first-order chi connectivity index (χ1) is 8.99. The van der Waals surface area contributed by atoms with E-state index in [4.69, 9.17) is 4.74 Å². The van der Waals surface area contributed by atoms with Crippen LogP contribution in [0.3, 0.4) is 0 Å². The first-order valence-corrected chi connectivity index (χ1v) is 8.70. The van der Waals surface area contributed by atoms with Gasteiger partial charge in [0.25, 0.3) is 0 Å². The number of nitrogens with one attached hydrogen (secondary N) is 2. The summed E-state index contributed by atoms with van der Waals surface area (Å²) in [5.74, 6) is 0. The molecule has 0 aliphatic rings. The molecule has 5 nitrogen and oxygen atoms in total. The number of hydrogen-bond donors (Lipinski definition) is 2. The minimum Gasteiger partial charge on any atom is -0.377 e. The molecule has 0 saturated carbocycles. The minimum atomic E-state index is -3.42. The minimum absolute atomic E-state index is 0.124. The Hall–Kier alpha value is -0.470. The predicted molar refractivity (Wildman–Crippen MR) is 78.0 cm³/mol. The van der Waals surface area contributed by atoms with E-state index in [9.17, 15) is 8.42 Å². The van der Waals surface area contributed by atoms with Gasteiger partial charge in [0, 0.05) is 24.6 Å². The summed E-state index contributed by atoms with van der Waals surface area (Å²) in [5.41, 5.74) is 0. The third-order valence-corrected chi connectivity index (χ3v) is 5.46. The Balaban J connectivity index is 2.59. The molecule has 110 valence electrons. The van der Waals surface area contributed by atoms with Crippen LogP contribution >= 0.6 is 11.3 Å². The van der Waals surface area contributed by atoms with Crippen molar-refractivity contribution in [2.45, 2.75) is 37.6 Å². The van der Waals surface area contributed by atoms with Crippen molar-refractivity contribution in [3.8, 4) is 0 Å². The van der Waals surface area contributed by atoms with Crippen LogP contribution in [-0.4, -0.2) is 34.2 Å². The highest BCUT2D eigenvalue weighted by molar-refractivity contribution is 7.91. The van der Waals surface area contributed by atoms with Crippen LogP contribution in [0, 0.1) is 0 Å². The van der Waals surface area contributed by atoms with Crippen LogP contribution in [0.25, 0.3) is 0 Å². The molecule has 0 aliphatic carbocycles. The Labute approximate surface area is 119 Å². The monoisotopic (exact) mass is 306 g/mol. The van der Waals surface area contributed by atoms with Gasteiger partial charge < -0.3 is 10.1 Å². The quantitative estimate of drug-likeness (QED) is 0.726. The van der Waals surface area contributed by atoms with Crippen LogP contribution in [0.15, 0.2) is 16.3 Å². The van der Waals surface area contributed by atoms with Crippen LogP contribution in [0.5, 0.6) is 0 Å². The zero-order valence-corrected chi connectivity index (χ0v) is 13.2. The van der Waals surface area contributed by atoms with E-state index in [0.717, 1.165) is 11.4 Å². The van der Waals surface area contributed by atoms with E-state index in [2.05, 4.69) is 10.0 Å². The van der Waals surface area contributed by atoms with E-state index in [1.54, 1.807) is 6.07 Å². The SMILES string of the molecule is CCNCc1ccc(S(=O)(=O)NCC(C)OCC)s1. The van der Waals surface area contributed by atoms with Gasteiger partial charge >= 0.3 is 0 Å². The molecule has 1 aromatic rings. The Morgan fingerprint density at radius 1 is 1.37 bits per heavy atom. The molecule has 0 fully saturated rings. The first kappa shape index (κ1) is 16.6. The van der Waals surface area contributed by atoms with E-state index in [1.165, 1.54) is 11.3 Å². The Bertz CT molecular complexity index is 471. The average Bonchev–Trinajstić information content (AvgIpc) is 2.84. The van der Waals surface area contributed by atoms with Crippen LogP contribution < -0.4 is 10.0 Å². The van der Waals surface area contributed by atoms with Gasteiger partial charge in [0.05, 0.1) is 6.10 Å². The zero-order chi connectivity index (χ0) is 14.3. The lowest BCUT2D eigenvalue weighted by Crippen LogP contribution is -2.31. The van der Waals surface area contributed by atoms with Crippen LogP contribution in [0.1, 0.15) is 25.6 Å². The molecule has 0 aliphatic heterocycles. The predicted octanol–water partition coefficient (Wildman–Crippen LogP) is 1.56. The summed E-state index contributed by atoms with van der Waals surface area (Å²) in [4.78, 5) is 1.01. The molecule has 1 aromatic heterocycles. The molecule has 0 spiro atoms. The maximum atomic E-state index is 12.1.